The molecule has 0 fully saturated rings. The van der Waals surface area contributed by atoms with E-state index in [2.05, 4.69) is 5.32 Å². The summed E-state index contributed by atoms with van der Waals surface area (Å²) in [5.74, 6) is -0.407. The van der Waals surface area contributed by atoms with E-state index in [-0.39, 0.29) is 11.3 Å². The second-order valence-electron chi connectivity index (χ2n) is 4.23. The number of nitro groups is 1. The average molecular weight is 291 g/mol. The molecule has 0 saturated carbocycles. The van der Waals surface area contributed by atoms with Crippen LogP contribution in [0.3, 0.4) is 0 Å². The Morgan fingerprint density at radius 1 is 1.25 bits per heavy atom. The van der Waals surface area contributed by atoms with E-state index in [4.69, 9.17) is 11.6 Å². The maximum Gasteiger partial charge on any atom is 0.270 e. The number of hydrogen-bond acceptors (Lipinski definition) is 3. The average Bonchev–Trinajstić information content (AvgIpc) is 2.43. The minimum absolute atomic E-state index is 0.120. The minimum Gasteiger partial charge on any atom is -0.322 e. The first-order chi connectivity index (χ1) is 9.47. The number of halogens is 1. The van der Waals surface area contributed by atoms with Crippen LogP contribution in [0.1, 0.15) is 15.9 Å². The van der Waals surface area contributed by atoms with Gasteiger partial charge in [-0.1, -0.05) is 17.7 Å². The molecule has 20 heavy (non-hydrogen) atoms. The van der Waals surface area contributed by atoms with Crippen LogP contribution in [-0.4, -0.2) is 10.8 Å². The third kappa shape index (κ3) is 3.13. The van der Waals surface area contributed by atoms with Gasteiger partial charge < -0.3 is 5.32 Å². The van der Waals surface area contributed by atoms with Crippen molar-refractivity contribution in [2.75, 3.05) is 5.32 Å². The highest BCUT2D eigenvalue weighted by molar-refractivity contribution is 6.31. The summed E-state index contributed by atoms with van der Waals surface area (Å²) in [5, 5.41) is 14.0. The van der Waals surface area contributed by atoms with Gasteiger partial charge in [0.15, 0.2) is 0 Å². The van der Waals surface area contributed by atoms with Gasteiger partial charge in [0.2, 0.25) is 0 Å². The topological polar surface area (TPSA) is 72.2 Å². The standard InChI is InChI=1S/C14H11ClN2O3/c1-9-7-11(5-6-13(9)15)16-14(18)10-3-2-4-12(8-10)17(19)20/h2-8H,1H3,(H,16,18). The van der Waals surface area contributed by atoms with Gasteiger partial charge in [0, 0.05) is 28.4 Å². The molecule has 0 spiro atoms. The number of carbonyl (C=O) groups is 1. The van der Waals surface area contributed by atoms with Gasteiger partial charge in [-0.25, -0.2) is 0 Å². The number of rotatable bonds is 3. The molecule has 1 N–H and O–H groups in total. The molecule has 0 saturated heterocycles. The summed E-state index contributed by atoms with van der Waals surface area (Å²) in [5.41, 5.74) is 1.53. The first-order valence-corrected chi connectivity index (χ1v) is 6.17. The molecule has 0 bridgehead atoms. The highest BCUT2D eigenvalue weighted by atomic mass is 35.5. The van der Waals surface area contributed by atoms with Crippen LogP contribution in [0.4, 0.5) is 11.4 Å². The van der Waals surface area contributed by atoms with Crippen molar-refractivity contribution in [1.29, 1.82) is 0 Å². The summed E-state index contributed by atoms with van der Waals surface area (Å²) in [6.45, 7) is 1.82. The molecule has 2 aromatic carbocycles. The molecule has 6 heteroatoms. The zero-order valence-electron chi connectivity index (χ0n) is 10.6. The Morgan fingerprint density at radius 3 is 2.65 bits per heavy atom. The SMILES string of the molecule is Cc1cc(NC(=O)c2cccc([N+](=O)[O-])c2)ccc1Cl. The summed E-state index contributed by atoms with van der Waals surface area (Å²) >= 11 is 5.90. The Balaban J connectivity index is 2.21. The van der Waals surface area contributed by atoms with Gasteiger partial charge in [0.1, 0.15) is 0 Å². The van der Waals surface area contributed by atoms with Crippen molar-refractivity contribution >= 4 is 28.9 Å². The quantitative estimate of drug-likeness (QED) is 0.690. The minimum atomic E-state index is -0.538. The lowest BCUT2D eigenvalue weighted by molar-refractivity contribution is -0.384. The van der Waals surface area contributed by atoms with Crippen LogP contribution >= 0.6 is 11.6 Å². The Hall–Kier alpha value is -2.40. The van der Waals surface area contributed by atoms with E-state index in [1.54, 1.807) is 18.2 Å². The van der Waals surface area contributed by atoms with Crippen molar-refractivity contribution in [1.82, 2.24) is 0 Å². The lowest BCUT2D eigenvalue weighted by atomic mass is 10.1. The van der Waals surface area contributed by atoms with Gasteiger partial charge in [-0.2, -0.15) is 0 Å². The second-order valence-corrected chi connectivity index (χ2v) is 4.63. The number of non-ortho nitro benzene ring substituents is 1. The zero-order chi connectivity index (χ0) is 14.7. The smallest absolute Gasteiger partial charge is 0.270 e. The molecule has 0 aliphatic carbocycles. The largest absolute Gasteiger partial charge is 0.322 e. The van der Waals surface area contributed by atoms with E-state index >= 15 is 0 Å². The van der Waals surface area contributed by atoms with E-state index < -0.39 is 10.8 Å². The molecule has 0 aromatic heterocycles. The third-order valence-electron chi connectivity index (χ3n) is 2.73. The molecule has 0 unspecified atom stereocenters. The monoisotopic (exact) mass is 290 g/mol. The van der Waals surface area contributed by atoms with Crippen molar-refractivity contribution in [3.8, 4) is 0 Å². The number of carbonyl (C=O) groups excluding carboxylic acids is 1. The Morgan fingerprint density at radius 2 is 2.00 bits per heavy atom. The Kier molecular flexibility index (Phi) is 4.00. The van der Waals surface area contributed by atoms with E-state index in [0.29, 0.717) is 10.7 Å². The number of amides is 1. The predicted octanol–water partition coefficient (Wildman–Crippen LogP) is 3.81. The maximum atomic E-state index is 12.0. The molecule has 2 rings (SSSR count). The molecule has 0 aliphatic rings. The van der Waals surface area contributed by atoms with Crippen molar-refractivity contribution in [3.05, 3.63) is 68.7 Å². The van der Waals surface area contributed by atoms with Crippen molar-refractivity contribution in [2.24, 2.45) is 0 Å². The van der Waals surface area contributed by atoms with Crippen molar-refractivity contribution in [3.63, 3.8) is 0 Å². The van der Waals surface area contributed by atoms with E-state index in [0.717, 1.165) is 5.56 Å². The zero-order valence-corrected chi connectivity index (χ0v) is 11.3. The van der Waals surface area contributed by atoms with Crippen LogP contribution in [0.15, 0.2) is 42.5 Å². The summed E-state index contributed by atoms with van der Waals surface area (Å²) < 4.78 is 0. The van der Waals surface area contributed by atoms with Gasteiger partial charge in [-0.05, 0) is 36.8 Å². The molecule has 0 radical (unpaired) electrons. The molecule has 102 valence electrons. The van der Waals surface area contributed by atoms with E-state index in [1.807, 2.05) is 6.92 Å². The summed E-state index contributed by atoms with van der Waals surface area (Å²) in [4.78, 5) is 22.2. The van der Waals surface area contributed by atoms with Gasteiger partial charge in [0.05, 0.1) is 4.92 Å². The molecule has 1 amide bonds. The van der Waals surface area contributed by atoms with Crippen LogP contribution in [-0.2, 0) is 0 Å². The number of nitrogens with zero attached hydrogens (tertiary/aromatic N) is 1. The highest BCUT2D eigenvalue weighted by Crippen LogP contribution is 2.20. The van der Waals surface area contributed by atoms with E-state index in [9.17, 15) is 14.9 Å². The summed E-state index contributed by atoms with van der Waals surface area (Å²) in [7, 11) is 0. The van der Waals surface area contributed by atoms with Gasteiger partial charge in [0.25, 0.3) is 11.6 Å². The molecular weight excluding hydrogens is 280 g/mol. The Bertz CT molecular complexity index is 686. The van der Waals surface area contributed by atoms with Crippen molar-refractivity contribution in [2.45, 2.75) is 6.92 Å². The normalized spacial score (nSPS) is 10.1. The fraction of sp³-hybridized carbons (Fsp3) is 0.0714. The molecule has 5 nitrogen and oxygen atoms in total. The first kappa shape index (κ1) is 14.0. The third-order valence-corrected chi connectivity index (χ3v) is 3.16. The molecule has 2 aromatic rings. The van der Waals surface area contributed by atoms with Crippen LogP contribution < -0.4 is 5.32 Å². The van der Waals surface area contributed by atoms with Crippen LogP contribution in [0, 0.1) is 17.0 Å². The number of benzene rings is 2. The summed E-state index contributed by atoms with van der Waals surface area (Å²) in [6, 6.07) is 10.6. The van der Waals surface area contributed by atoms with Gasteiger partial charge >= 0.3 is 0 Å². The highest BCUT2D eigenvalue weighted by Gasteiger charge is 2.11. The fourth-order valence-electron chi connectivity index (χ4n) is 1.69. The lowest BCUT2D eigenvalue weighted by Crippen LogP contribution is -2.12. The van der Waals surface area contributed by atoms with Gasteiger partial charge in [-0.15, -0.1) is 0 Å². The number of anilines is 1. The summed E-state index contributed by atoms with van der Waals surface area (Å²) in [6.07, 6.45) is 0. The second kappa shape index (κ2) is 5.71. The number of aryl methyl sites for hydroxylation is 1. The molecule has 0 aliphatic heterocycles. The van der Waals surface area contributed by atoms with E-state index in [1.165, 1.54) is 24.3 Å². The number of hydrogen-bond donors (Lipinski definition) is 1. The predicted molar refractivity (Wildman–Crippen MR) is 77.2 cm³/mol. The Labute approximate surface area is 120 Å². The number of nitrogens with one attached hydrogen (secondary N) is 1. The lowest BCUT2D eigenvalue weighted by Gasteiger charge is -2.07. The molecule has 0 atom stereocenters. The first-order valence-electron chi connectivity index (χ1n) is 5.79. The fourth-order valence-corrected chi connectivity index (χ4v) is 1.80. The van der Waals surface area contributed by atoms with Crippen LogP contribution in [0.5, 0.6) is 0 Å². The van der Waals surface area contributed by atoms with Crippen molar-refractivity contribution < 1.29 is 9.72 Å². The number of nitro benzene ring substituents is 1. The van der Waals surface area contributed by atoms with Gasteiger partial charge in [-0.3, -0.25) is 14.9 Å². The van der Waals surface area contributed by atoms with Crippen LogP contribution in [0.25, 0.3) is 0 Å². The molecule has 0 heterocycles. The maximum absolute atomic E-state index is 12.0. The molecular formula is C14H11ClN2O3. The van der Waals surface area contributed by atoms with Crippen LogP contribution in [0.2, 0.25) is 5.02 Å².